The van der Waals surface area contributed by atoms with Crippen LogP contribution >= 0.6 is 11.8 Å². The van der Waals surface area contributed by atoms with Gasteiger partial charge in [-0.05, 0) is 112 Å². The molecule has 9 aromatic carbocycles. The van der Waals surface area contributed by atoms with E-state index in [4.69, 9.17) is 0 Å². The summed E-state index contributed by atoms with van der Waals surface area (Å²) in [6.45, 7) is 14.5. The Kier molecular flexibility index (Phi) is 9.87. The van der Waals surface area contributed by atoms with Crippen LogP contribution in [0.4, 0.5) is 34.1 Å². The van der Waals surface area contributed by atoms with Gasteiger partial charge in [0.1, 0.15) is 0 Å². The highest BCUT2D eigenvalue weighted by Gasteiger charge is 2.25. The van der Waals surface area contributed by atoms with E-state index in [1.807, 2.05) is 11.8 Å². The summed E-state index contributed by atoms with van der Waals surface area (Å²) in [5.74, 6) is 0. The van der Waals surface area contributed by atoms with E-state index in [2.05, 4.69) is 243 Å². The first-order valence-corrected chi connectivity index (χ1v) is 29.2. The molecule has 0 aromatic heterocycles. The molecule has 0 amide bonds. The fraction of sp³-hybridized carbons (Fsp3) is 0.107. The molecule has 0 bridgehead atoms. The summed E-state index contributed by atoms with van der Waals surface area (Å²) in [4.78, 5) is 7.42. The fourth-order valence-electron chi connectivity index (χ4n) is 8.88. The SMILES string of the molecule is C[Si](C)(C)c1ccc(N(c2ccccc2)c2ccc3c(c2)Sc2cccc4c2c-3cc2ccc(N(c3ccc([Si](C)(C)C)cc3)c3ccccc3-c3ccccc3)cc24)cc1. The van der Waals surface area contributed by atoms with E-state index < -0.39 is 16.1 Å². The highest BCUT2D eigenvalue weighted by Crippen LogP contribution is 2.52. The topological polar surface area (TPSA) is 6.48 Å². The number of para-hydroxylation sites is 2. The van der Waals surface area contributed by atoms with Gasteiger partial charge in [-0.2, -0.15) is 0 Å². The van der Waals surface area contributed by atoms with Crippen molar-refractivity contribution in [2.45, 2.75) is 49.1 Å². The van der Waals surface area contributed by atoms with Crippen LogP contribution in [0.3, 0.4) is 0 Å². The van der Waals surface area contributed by atoms with Gasteiger partial charge in [0.2, 0.25) is 0 Å². The summed E-state index contributed by atoms with van der Waals surface area (Å²) in [7, 11) is -2.92. The molecule has 0 saturated heterocycles. The average molecular weight is 839 g/mol. The zero-order chi connectivity index (χ0) is 41.9. The second-order valence-electron chi connectivity index (χ2n) is 18.3. The zero-order valence-electron chi connectivity index (χ0n) is 35.8. The monoisotopic (exact) mass is 838 g/mol. The summed E-state index contributed by atoms with van der Waals surface area (Å²) in [6, 6.07) is 72.4. The van der Waals surface area contributed by atoms with Crippen LogP contribution < -0.4 is 20.2 Å². The van der Waals surface area contributed by atoms with E-state index in [9.17, 15) is 0 Å². The summed E-state index contributed by atoms with van der Waals surface area (Å²) >= 11 is 1.89. The van der Waals surface area contributed by atoms with E-state index in [0.29, 0.717) is 0 Å². The first kappa shape index (κ1) is 39.0. The standard InChI is InChI=1S/C56H50N2SSi2/c1-60(2,3)46-31-26-42(27-32-46)57(41-18-11-8-12-19-41)45-30-35-49-52-36-40-24-25-44(37-51(40)50-21-15-23-54(56(50)52)59-55(49)38-45)58(43-28-33-47(34-29-43)61(4,5)6)53-22-14-13-20-48(53)39-16-9-7-10-17-39/h7-38H,1-6H3. The quantitative estimate of drug-likeness (QED) is 0.106. The largest absolute Gasteiger partial charge is 0.310 e. The third-order valence-corrected chi connectivity index (χ3v) is 17.4. The molecular weight excluding hydrogens is 789 g/mol. The lowest BCUT2D eigenvalue weighted by Gasteiger charge is -2.30. The second kappa shape index (κ2) is 15.4. The van der Waals surface area contributed by atoms with Crippen LogP contribution in [0.1, 0.15) is 0 Å². The Morgan fingerprint density at radius 3 is 1.59 bits per heavy atom. The van der Waals surface area contributed by atoms with Crippen LogP contribution in [-0.2, 0) is 0 Å². The molecule has 0 N–H and O–H groups in total. The molecule has 9 aromatic rings. The van der Waals surface area contributed by atoms with Crippen molar-refractivity contribution in [2.75, 3.05) is 9.80 Å². The van der Waals surface area contributed by atoms with E-state index in [1.165, 1.54) is 69.7 Å². The molecule has 0 aliphatic carbocycles. The predicted molar refractivity (Wildman–Crippen MR) is 272 cm³/mol. The van der Waals surface area contributed by atoms with E-state index >= 15 is 0 Å². The summed E-state index contributed by atoms with van der Waals surface area (Å²) in [5, 5.41) is 8.04. The van der Waals surface area contributed by atoms with Crippen molar-refractivity contribution in [2.24, 2.45) is 0 Å². The lowest BCUT2D eigenvalue weighted by atomic mass is 9.92. The lowest BCUT2D eigenvalue weighted by Crippen LogP contribution is -2.37. The average Bonchev–Trinajstić information content (AvgIpc) is 3.27. The van der Waals surface area contributed by atoms with E-state index in [1.54, 1.807) is 0 Å². The van der Waals surface area contributed by atoms with Crippen LogP contribution in [0.2, 0.25) is 39.3 Å². The van der Waals surface area contributed by atoms with Gasteiger partial charge in [-0.1, -0.05) is 177 Å². The Balaban J connectivity index is 1.10. The fourth-order valence-corrected chi connectivity index (χ4v) is 12.4. The molecule has 5 heteroatoms. The van der Waals surface area contributed by atoms with Crippen molar-refractivity contribution in [1.82, 2.24) is 0 Å². The molecule has 10 rings (SSSR count). The van der Waals surface area contributed by atoms with Crippen molar-refractivity contribution >= 4 is 94.0 Å². The molecule has 0 saturated carbocycles. The minimum Gasteiger partial charge on any atom is -0.310 e. The number of rotatable bonds is 9. The summed E-state index contributed by atoms with van der Waals surface area (Å²) < 4.78 is 0. The van der Waals surface area contributed by atoms with Gasteiger partial charge in [0.05, 0.1) is 21.8 Å². The maximum Gasteiger partial charge on any atom is 0.0775 e. The molecule has 0 spiro atoms. The second-order valence-corrected chi connectivity index (χ2v) is 29.5. The first-order valence-electron chi connectivity index (χ1n) is 21.3. The molecule has 2 nitrogen and oxygen atoms in total. The van der Waals surface area contributed by atoms with Crippen LogP contribution in [0, 0.1) is 0 Å². The van der Waals surface area contributed by atoms with Crippen LogP contribution in [0.5, 0.6) is 0 Å². The highest BCUT2D eigenvalue weighted by atomic mass is 32.2. The molecule has 0 atom stereocenters. The summed E-state index contributed by atoms with van der Waals surface area (Å²) in [5.41, 5.74) is 11.9. The Morgan fingerprint density at radius 1 is 0.361 bits per heavy atom. The van der Waals surface area contributed by atoms with Gasteiger partial charge in [-0.15, -0.1) is 0 Å². The molecule has 1 aliphatic rings. The number of fused-ring (bicyclic) bond motifs is 4. The number of hydrogen-bond acceptors (Lipinski definition) is 3. The third kappa shape index (κ3) is 7.31. The van der Waals surface area contributed by atoms with Gasteiger partial charge in [-0.25, -0.2) is 0 Å². The molecule has 0 unspecified atom stereocenters. The maximum absolute atomic E-state index is 2.45. The van der Waals surface area contributed by atoms with Crippen molar-refractivity contribution in [1.29, 1.82) is 0 Å². The summed E-state index contributed by atoms with van der Waals surface area (Å²) in [6.07, 6.45) is 0. The van der Waals surface area contributed by atoms with E-state index in [-0.39, 0.29) is 0 Å². The maximum atomic E-state index is 2.45. The Morgan fingerprint density at radius 2 is 0.918 bits per heavy atom. The van der Waals surface area contributed by atoms with Gasteiger partial charge < -0.3 is 9.80 Å². The molecule has 1 heterocycles. The lowest BCUT2D eigenvalue weighted by molar-refractivity contribution is 1.26. The number of hydrogen-bond donors (Lipinski definition) is 0. The molecule has 0 fully saturated rings. The van der Waals surface area contributed by atoms with Crippen molar-refractivity contribution in [3.05, 3.63) is 194 Å². The predicted octanol–water partition coefficient (Wildman–Crippen LogP) is 15.8. The minimum atomic E-state index is -1.48. The van der Waals surface area contributed by atoms with Crippen molar-refractivity contribution in [3.63, 3.8) is 0 Å². The molecule has 0 radical (unpaired) electrons. The van der Waals surface area contributed by atoms with Crippen LogP contribution in [0.25, 0.3) is 43.8 Å². The molecule has 298 valence electrons. The number of benzene rings is 9. The zero-order valence-corrected chi connectivity index (χ0v) is 38.6. The minimum absolute atomic E-state index is 1.14. The Bertz CT molecular complexity index is 3060. The third-order valence-electron chi connectivity index (χ3n) is 12.1. The Labute approximate surface area is 367 Å². The molecular formula is C56H50N2SSi2. The first-order chi connectivity index (χ1) is 29.5. The highest BCUT2D eigenvalue weighted by molar-refractivity contribution is 7.99. The smallest absolute Gasteiger partial charge is 0.0775 e. The van der Waals surface area contributed by atoms with Gasteiger partial charge >= 0.3 is 0 Å². The number of nitrogens with zero attached hydrogens (tertiary/aromatic N) is 2. The van der Waals surface area contributed by atoms with Gasteiger partial charge in [-0.3, -0.25) is 0 Å². The van der Waals surface area contributed by atoms with Crippen molar-refractivity contribution < 1.29 is 0 Å². The van der Waals surface area contributed by atoms with Crippen molar-refractivity contribution in [3.8, 4) is 22.3 Å². The normalized spacial score (nSPS) is 12.4. The van der Waals surface area contributed by atoms with E-state index in [0.717, 1.165) is 28.4 Å². The van der Waals surface area contributed by atoms with Crippen LogP contribution in [-0.4, -0.2) is 16.1 Å². The van der Waals surface area contributed by atoms with Gasteiger partial charge in [0, 0.05) is 49.2 Å². The van der Waals surface area contributed by atoms with Crippen LogP contribution in [0.15, 0.2) is 204 Å². The Hall–Kier alpha value is -6.12. The van der Waals surface area contributed by atoms with Gasteiger partial charge in [0.25, 0.3) is 0 Å². The number of anilines is 6. The van der Waals surface area contributed by atoms with Gasteiger partial charge in [0.15, 0.2) is 0 Å². The molecule has 61 heavy (non-hydrogen) atoms. The molecule has 1 aliphatic heterocycles.